The molecule has 1 aliphatic heterocycles. The van der Waals surface area contributed by atoms with E-state index in [1.165, 1.54) is 12.1 Å². The molecule has 0 fully saturated rings. The molecular weight excluding hydrogens is 285 g/mol. The van der Waals surface area contributed by atoms with E-state index < -0.39 is 5.82 Å². The first kappa shape index (κ1) is 12.9. The SMILES string of the molecule is Nc1cc(Cl)c(F)cc1OCc1ccc2c(c1)OCO2. The van der Waals surface area contributed by atoms with Crippen molar-refractivity contribution in [3.05, 3.63) is 46.7 Å². The first-order valence-electron chi connectivity index (χ1n) is 5.89. The van der Waals surface area contributed by atoms with E-state index in [1.807, 2.05) is 12.1 Å². The molecule has 0 aliphatic carbocycles. The van der Waals surface area contributed by atoms with E-state index in [2.05, 4.69) is 0 Å². The number of anilines is 1. The van der Waals surface area contributed by atoms with Crippen LogP contribution in [-0.4, -0.2) is 6.79 Å². The summed E-state index contributed by atoms with van der Waals surface area (Å²) >= 11 is 5.63. The van der Waals surface area contributed by atoms with Crippen LogP contribution in [0, 0.1) is 5.82 Å². The van der Waals surface area contributed by atoms with Gasteiger partial charge in [-0.05, 0) is 23.8 Å². The van der Waals surface area contributed by atoms with E-state index in [0.717, 1.165) is 5.56 Å². The molecule has 0 aromatic heterocycles. The Bertz CT molecular complexity index is 663. The summed E-state index contributed by atoms with van der Waals surface area (Å²) in [5.74, 6) is 1.05. The molecule has 20 heavy (non-hydrogen) atoms. The number of ether oxygens (including phenoxy) is 3. The Labute approximate surface area is 119 Å². The fourth-order valence-electron chi connectivity index (χ4n) is 1.86. The fraction of sp³-hybridized carbons (Fsp3) is 0.143. The third kappa shape index (κ3) is 2.44. The molecule has 2 N–H and O–H groups in total. The van der Waals surface area contributed by atoms with Gasteiger partial charge in [-0.3, -0.25) is 0 Å². The van der Waals surface area contributed by atoms with E-state index in [9.17, 15) is 4.39 Å². The lowest BCUT2D eigenvalue weighted by atomic mass is 10.2. The van der Waals surface area contributed by atoms with Gasteiger partial charge in [-0.15, -0.1) is 0 Å². The highest BCUT2D eigenvalue weighted by Gasteiger charge is 2.14. The molecular formula is C14H11ClFNO3. The van der Waals surface area contributed by atoms with Crippen molar-refractivity contribution in [3.63, 3.8) is 0 Å². The second-order valence-corrected chi connectivity index (χ2v) is 4.69. The Morgan fingerprint density at radius 2 is 2.00 bits per heavy atom. The lowest BCUT2D eigenvalue weighted by Gasteiger charge is -2.10. The van der Waals surface area contributed by atoms with E-state index in [0.29, 0.717) is 11.5 Å². The van der Waals surface area contributed by atoms with Gasteiger partial charge in [0.25, 0.3) is 0 Å². The van der Waals surface area contributed by atoms with Crippen LogP contribution >= 0.6 is 11.6 Å². The lowest BCUT2D eigenvalue weighted by Crippen LogP contribution is -1.99. The zero-order valence-electron chi connectivity index (χ0n) is 10.4. The van der Waals surface area contributed by atoms with Crippen LogP contribution in [0.3, 0.4) is 0 Å². The average molecular weight is 296 g/mol. The maximum absolute atomic E-state index is 13.4. The molecule has 0 unspecified atom stereocenters. The van der Waals surface area contributed by atoms with Crippen molar-refractivity contribution >= 4 is 17.3 Å². The Hall–Kier alpha value is -2.14. The normalized spacial score (nSPS) is 12.5. The minimum absolute atomic E-state index is 0.0297. The zero-order chi connectivity index (χ0) is 14.1. The molecule has 4 nitrogen and oxygen atoms in total. The molecule has 1 heterocycles. The monoisotopic (exact) mass is 295 g/mol. The summed E-state index contributed by atoms with van der Waals surface area (Å²) in [5, 5.41) is -0.0297. The van der Waals surface area contributed by atoms with Crippen LogP contribution in [0.2, 0.25) is 5.02 Å². The molecule has 0 bridgehead atoms. The second-order valence-electron chi connectivity index (χ2n) is 4.28. The summed E-state index contributed by atoms with van der Waals surface area (Å²) < 4.78 is 29.3. The minimum Gasteiger partial charge on any atom is -0.487 e. The topological polar surface area (TPSA) is 53.7 Å². The first-order valence-corrected chi connectivity index (χ1v) is 6.27. The summed E-state index contributed by atoms with van der Waals surface area (Å²) in [6.45, 7) is 0.455. The highest BCUT2D eigenvalue weighted by molar-refractivity contribution is 6.31. The molecule has 3 rings (SSSR count). The number of hydrogen-bond donors (Lipinski definition) is 1. The summed E-state index contributed by atoms with van der Waals surface area (Å²) in [7, 11) is 0. The van der Waals surface area contributed by atoms with Crippen molar-refractivity contribution in [2.75, 3.05) is 12.5 Å². The number of nitrogen functional groups attached to an aromatic ring is 1. The predicted octanol–water partition coefficient (Wildman–Crippen LogP) is 3.37. The summed E-state index contributed by atoms with van der Waals surface area (Å²) in [5.41, 5.74) is 6.88. The molecule has 0 spiro atoms. The third-order valence-electron chi connectivity index (χ3n) is 2.88. The molecule has 1 aliphatic rings. The van der Waals surface area contributed by atoms with Crippen LogP contribution in [0.4, 0.5) is 10.1 Å². The molecule has 2 aromatic rings. The number of fused-ring (bicyclic) bond motifs is 1. The number of benzene rings is 2. The predicted molar refractivity (Wildman–Crippen MR) is 72.7 cm³/mol. The fourth-order valence-corrected chi connectivity index (χ4v) is 2.03. The number of nitrogens with two attached hydrogens (primary N) is 1. The number of rotatable bonds is 3. The Kier molecular flexibility index (Phi) is 3.28. The van der Waals surface area contributed by atoms with Crippen molar-refractivity contribution in [1.82, 2.24) is 0 Å². The van der Waals surface area contributed by atoms with Gasteiger partial charge in [0.05, 0.1) is 10.7 Å². The maximum atomic E-state index is 13.4. The van der Waals surface area contributed by atoms with Crippen LogP contribution in [0.15, 0.2) is 30.3 Å². The van der Waals surface area contributed by atoms with E-state index in [1.54, 1.807) is 6.07 Å². The van der Waals surface area contributed by atoms with Crippen molar-refractivity contribution in [1.29, 1.82) is 0 Å². The van der Waals surface area contributed by atoms with Gasteiger partial charge >= 0.3 is 0 Å². The second kappa shape index (κ2) is 5.09. The van der Waals surface area contributed by atoms with Crippen LogP contribution < -0.4 is 19.9 Å². The van der Waals surface area contributed by atoms with Gasteiger partial charge in [0.1, 0.15) is 18.2 Å². The lowest BCUT2D eigenvalue weighted by molar-refractivity contribution is 0.174. The zero-order valence-corrected chi connectivity index (χ0v) is 11.1. The molecule has 0 radical (unpaired) electrons. The van der Waals surface area contributed by atoms with Crippen LogP contribution in [0.25, 0.3) is 0 Å². The van der Waals surface area contributed by atoms with Crippen molar-refractivity contribution in [2.24, 2.45) is 0 Å². The van der Waals surface area contributed by atoms with Crippen molar-refractivity contribution < 1.29 is 18.6 Å². The highest BCUT2D eigenvalue weighted by Crippen LogP contribution is 2.33. The van der Waals surface area contributed by atoms with Crippen molar-refractivity contribution in [2.45, 2.75) is 6.61 Å². The van der Waals surface area contributed by atoms with Gasteiger partial charge < -0.3 is 19.9 Å². The van der Waals surface area contributed by atoms with Gasteiger partial charge in [0.15, 0.2) is 11.5 Å². The molecule has 0 saturated heterocycles. The quantitative estimate of drug-likeness (QED) is 0.882. The molecule has 0 saturated carbocycles. The van der Waals surface area contributed by atoms with Crippen LogP contribution in [0.1, 0.15) is 5.56 Å². The molecule has 0 amide bonds. The van der Waals surface area contributed by atoms with E-state index in [-0.39, 0.29) is 29.9 Å². The first-order chi connectivity index (χ1) is 9.63. The summed E-state index contributed by atoms with van der Waals surface area (Å²) in [4.78, 5) is 0. The number of halogens is 2. The van der Waals surface area contributed by atoms with E-state index in [4.69, 9.17) is 31.5 Å². The van der Waals surface area contributed by atoms with Gasteiger partial charge in [0, 0.05) is 6.07 Å². The molecule has 0 atom stereocenters. The minimum atomic E-state index is -0.568. The number of hydrogen-bond acceptors (Lipinski definition) is 4. The van der Waals surface area contributed by atoms with Crippen LogP contribution in [0.5, 0.6) is 17.2 Å². The van der Waals surface area contributed by atoms with E-state index >= 15 is 0 Å². The standard InChI is InChI=1S/C14H11ClFNO3/c15-9-4-11(17)13(5-10(9)16)18-6-8-1-2-12-14(3-8)20-7-19-12/h1-5H,6-7,17H2. The van der Waals surface area contributed by atoms with Gasteiger partial charge in [-0.1, -0.05) is 17.7 Å². The largest absolute Gasteiger partial charge is 0.487 e. The van der Waals surface area contributed by atoms with Gasteiger partial charge in [-0.25, -0.2) is 4.39 Å². The Morgan fingerprint density at radius 3 is 2.85 bits per heavy atom. The summed E-state index contributed by atoms with van der Waals surface area (Å²) in [6, 6.07) is 7.95. The molecule has 6 heteroatoms. The van der Waals surface area contributed by atoms with Crippen LogP contribution in [-0.2, 0) is 6.61 Å². The van der Waals surface area contributed by atoms with Gasteiger partial charge in [0.2, 0.25) is 6.79 Å². The maximum Gasteiger partial charge on any atom is 0.231 e. The Morgan fingerprint density at radius 1 is 1.20 bits per heavy atom. The summed E-state index contributed by atoms with van der Waals surface area (Å²) in [6.07, 6.45) is 0. The third-order valence-corrected chi connectivity index (χ3v) is 3.17. The van der Waals surface area contributed by atoms with Crippen molar-refractivity contribution in [3.8, 4) is 17.2 Å². The average Bonchev–Trinajstić information content (AvgIpc) is 2.89. The highest BCUT2D eigenvalue weighted by atomic mass is 35.5. The molecule has 2 aromatic carbocycles. The Balaban J connectivity index is 1.75. The smallest absolute Gasteiger partial charge is 0.231 e. The molecule has 104 valence electrons. The van der Waals surface area contributed by atoms with Gasteiger partial charge in [-0.2, -0.15) is 0 Å².